The number of hydrogen-bond acceptors (Lipinski definition) is 8. The van der Waals surface area contributed by atoms with E-state index in [0.717, 1.165) is 0 Å². The molecule has 2 N–H and O–H groups in total. The largest absolute Gasteiger partial charge is 0.495 e. The normalized spacial score (nSPS) is 13.5. The molecule has 0 aliphatic carbocycles. The SMILES string of the molecule is COc1ccc([N+](=O)[O-])cc1NC(=O)NCCC(=O)N1CCN(c2ncccn2)CC1. The van der Waals surface area contributed by atoms with E-state index in [1.165, 1.54) is 25.3 Å². The van der Waals surface area contributed by atoms with Crippen molar-refractivity contribution in [1.29, 1.82) is 0 Å². The number of nitro groups is 1. The van der Waals surface area contributed by atoms with Crippen molar-refractivity contribution in [2.24, 2.45) is 0 Å². The van der Waals surface area contributed by atoms with E-state index in [9.17, 15) is 19.7 Å². The third kappa shape index (κ3) is 5.78. The number of carbonyl (C=O) groups excluding carboxylic acids is 2. The Bertz CT molecular complexity index is 932. The van der Waals surface area contributed by atoms with E-state index in [2.05, 4.69) is 20.6 Å². The van der Waals surface area contributed by atoms with E-state index in [1.54, 1.807) is 23.4 Å². The summed E-state index contributed by atoms with van der Waals surface area (Å²) in [6, 6.07) is 5.06. The van der Waals surface area contributed by atoms with E-state index in [0.29, 0.717) is 32.1 Å². The standard InChI is InChI=1S/C19H23N7O5/c1-31-16-4-3-14(26(29)30)13-15(16)23-19(28)22-8-5-17(27)24-9-11-25(12-10-24)18-20-6-2-7-21-18/h2-4,6-7,13H,5,8-12H2,1H3,(H2,22,23,28). The maximum atomic E-state index is 12.4. The number of anilines is 2. The number of hydrogen-bond donors (Lipinski definition) is 2. The number of aromatic nitrogens is 2. The van der Waals surface area contributed by atoms with E-state index in [-0.39, 0.29) is 36.0 Å². The van der Waals surface area contributed by atoms with Crippen LogP contribution < -0.4 is 20.3 Å². The fourth-order valence-corrected chi connectivity index (χ4v) is 3.13. The van der Waals surface area contributed by atoms with Crippen LogP contribution in [0.4, 0.5) is 22.1 Å². The summed E-state index contributed by atoms with van der Waals surface area (Å²) in [4.78, 5) is 47.1. The second-order valence-corrected chi connectivity index (χ2v) is 6.69. The summed E-state index contributed by atoms with van der Waals surface area (Å²) in [6.07, 6.45) is 3.50. The van der Waals surface area contributed by atoms with Crippen LogP contribution in [0.1, 0.15) is 6.42 Å². The Morgan fingerprint density at radius 3 is 2.55 bits per heavy atom. The van der Waals surface area contributed by atoms with Crippen molar-refractivity contribution in [2.75, 3.05) is 50.1 Å². The maximum Gasteiger partial charge on any atom is 0.319 e. The monoisotopic (exact) mass is 429 g/mol. The van der Waals surface area contributed by atoms with Crippen LogP contribution in [0.3, 0.4) is 0 Å². The number of nitro benzene ring substituents is 1. The van der Waals surface area contributed by atoms with Crippen molar-refractivity contribution < 1.29 is 19.2 Å². The summed E-state index contributed by atoms with van der Waals surface area (Å²) in [5, 5.41) is 16.0. The fraction of sp³-hybridized carbons (Fsp3) is 0.368. The third-order valence-corrected chi connectivity index (χ3v) is 4.73. The predicted octanol–water partition coefficient (Wildman–Crippen LogP) is 1.25. The molecule has 2 heterocycles. The molecule has 2 aromatic rings. The molecule has 0 bridgehead atoms. The van der Waals surface area contributed by atoms with Gasteiger partial charge >= 0.3 is 6.03 Å². The highest BCUT2D eigenvalue weighted by molar-refractivity contribution is 5.91. The van der Waals surface area contributed by atoms with Gasteiger partial charge in [0.1, 0.15) is 5.75 Å². The molecule has 1 aromatic carbocycles. The quantitative estimate of drug-likeness (QED) is 0.495. The lowest BCUT2D eigenvalue weighted by Crippen LogP contribution is -2.49. The highest BCUT2D eigenvalue weighted by Crippen LogP contribution is 2.28. The van der Waals surface area contributed by atoms with Crippen LogP contribution in [0.25, 0.3) is 0 Å². The number of urea groups is 1. The molecule has 3 rings (SSSR count). The van der Waals surface area contributed by atoms with Crippen LogP contribution in [-0.4, -0.2) is 71.6 Å². The van der Waals surface area contributed by atoms with Gasteiger partial charge in [-0.05, 0) is 12.1 Å². The lowest BCUT2D eigenvalue weighted by molar-refractivity contribution is -0.384. The van der Waals surface area contributed by atoms with Crippen LogP contribution in [-0.2, 0) is 4.79 Å². The first-order valence-corrected chi connectivity index (χ1v) is 9.65. The number of methoxy groups -OCH3 is 1. The molecule has 1 saturated heterocycles. The molecule has 1 fully saturated rings. The number of piperazine rings is 1. The predicted molar refractivity (Wildman–Crippen MR) is 112 cm³/mol. The van der Waals surface area contributed by atoms with E-state index in [1.807, 2.05) is 4.90 Å². The number of nitrogens with one attached hydrogen (secondary N) is 2. The van der Waals surface area contributed by atoms with E-state index in [4.69, 9.17) is 4.74 Å². The zero-order valence-electron chi connectivity index (χ0n) is 17.0. The molecule has 1 aliphatic rings. The Hall–Kier alpha value is -3.96. The first-order chi connectivity index (χ1) is 15.0. The van der Waals surface area contributed by atoms with Gasteiger partial charge in [0.25, 0.3) is 5.69 Å². The zero-order valence-corrected chi connectivity index (χ0v) is 17.0. The van der Waals surface area contributed by atoms with Gasteiger partial charge in [-0.15, -0.1) is 0 Å². The lowest BCUT2D eigenvalue weighted by Gasteiger charge is -2.34. The van der Waals surface area contributed by atoms with Crippen LogP contribution in [0.5, 0.6) is 5.75 Å². The molecule has 0 saturated carbocycles. The van der Waals surface area contributed by atoms with Crippen LogP contribution >= 0.6 is 0 Å². The third-order valence-electron chi connectivity index (χ3n) is 4.73. The summed E-state index contributed by atoms with van der Waals surface area (Å²) in [5.74, 6) is 0.864. The zero-order chi connectivity index (χ0) is 22.2. The van der Waals surface area contributed by atoms with Crippen LogP contribution in [0.15, 0.2) is 36.7 Å². The van der Waals surface area contributed by atoms with Gasteiger partial charge in [0.2, 0.25) is 11.9 Å². The van der Waals surface area contributed by atoms with Crippen molar-refractivity contribution in [1.82, 2.24) is 20.2 Å². The average Bonchev–Trinajstić information content (AvgIpc) is 2.79. The minimum absolute atomic E-state index is 0.0677. The molecule has 0 unspecified atom stereocenters. The summed E-state index contributed by atoms with van der Waals surface area (Å²) in [6.45, 7) is 2.50. The number of rotatable bonds is 7. The summed E-state index contributed by atoms with van der Waals surface area (Å²) < 4.78 is 5.10. The molecular weight excluding hydrogens is 406 g/mol. The molecule has 0 atom stereocenters. The molecular formula is C19H23N7O5. The van der Waals surface area contributed by atoms with Crippen molar-refractivity contribution in [3.63, 3.8) is 0 Å². The van der Waals surface area contributed by atoms with Crippen molar-refractivity contribution in [3.8, 4) is 5.75 Å². The van der Waals surface area contributed by atoms with Gasteiger partial charge in [-0.25, -0.2) is 14.8 Å². The van der Waals surface area contributed by atoms with E-state index >= 15 is 0 Å². The number of benzene rings is 1. The van der Waals surface area contributed by atoms with Crippen molar-refractivity contribution in [2.45, 2.75) is 6.42 Å². The molecule has 1 aromatic heterocycles. The molecule has 31 heavy (non-hydrogen) atoms. The molecule has 12 heteroatoms. The lowest BCUT2D eigenvalue weighted by atomic mass is 10.2. The smallest absolute Gasteiger partial charge is 0.319 e. The van der Waals surface area contributed by atoms with Crippen molar-refractivity contribution >= 4 is 29.3 Å². The molecule has 164 valence electrons. The Morgan fingerprint density at radius 1 is 1.19 bits per heavy atom. The second kappa shape index (κ2) is 10.2. The highest BCUT2D eigenvalue weighted by Gasteiger charge is 2.22. The number of nitrogens with zero attached hydrogens (tertiary/aromatic N) is 5. The molecule has 0 spiro atoms. The van der Waals surface area contributed by atoms with Gasteiger partial charge in [0, 0.05) is 63.7 Å². The molecule has 12 nitrogen and oxygen atoms in total. The number of ether oxygens (including phenoxy) is 1. The van der Waals surface area contributed by atoms with E-state index < -0.39 is 11.0 Å². The first kappa shape index (κ1) is 21.7. The minimum atomic E-state index is -0.586. The highest BCUT2D eigenvalue weighted by atomic mass is 16.6. The number of non-ortho nitro benzene ring substituents is 1. The second-order valence-electron chi connectivity index (χ2n) is 6.69. The Kier molecular flexibility index (Phi) is 7.14. The molecule has 3 amide bonds. The summed E-state index contributed by atoms with van der Waals surface area (Å²) >= 11 is 0. The first-order valence-electron chi connectivity index (χ1n) is 9.65. The van der Waals surface area contributed by atoms with Gasteiger partial charge in [-0.2, -0.15) is 0 Å². The van der Waals surface area contributed by atoms with Gasteiger partial charge in [-0.1, -0.05) is 0 Å². The fourth-order valence-electron chi connectivity index (χ4n) is 3.13. The Labute approximate surface area is 178 Å². The number of amides is 3. The van der Waals surface area contributed by atoms with Gasteiger partial charge in [0.15, 0.2) is 0 Å². The van der Waals surface area contributed by atoms with Gasteiger partial charge in [-0.3, -0.25) is 14.9 Å². The Morgan fingerprint density at radius 2 is 1.90 bits per heavy atom. The molecule has 1 aliphatic heterocycles. The maximum absolute atomic E-state index is 12.4. The average molecular weight is 429 g/mol. The number of carbonyl (C=O) groups is 2. The van der Waals surface area contributed by atoms with Crippen LogP contribution in [0.2, 0.25) is 0 Å². The van der Waals surface area contributed by atoms with Crippen LogP contribution in [0, 0.1) is 10.1 Å². The van der Waals surface area contributed by atoms with Gasteiger partial charge < -0.3 is 25.2 Å². The minimum Gasteiger partial charge on any atom is -0.495 e. The molecule has 0 radical (unpaired) electrons. The van der Waals surface area contributed by atoms with Crippen molar-refractivity contribution in [3.05, 3.63) is 46.8 Å². The van der Waals surface area contributed by atoms with Gasteiger partial charge in [0.05, 0.1) is 17.7 Å². The summed E-state index contributed by atoms with van der Waals surface area (Å²) in [5.41, 5.74) is -0.00824. The Balaban J connectivity index is 1.43. The topological polar surface area (TPSA) is 143 Å². The summed E-state index contributed by atoms with van der Waals surface area (Å²) in [7, 11) is 1.40.